The van der Waals surface area contributed by atoms with Gasteiger partial charge in [-0.1, -0.05) is 11.6 Å². The third-order valence-corrected chi connectivity index (χ3v) is 5.91. The molecular weight excluding hydrogens is 463 g/mol. The highest BCUT2D eigenvalue weighted by atomic mass is 35.5. The number of nitrogens with zero attached hydrogens (tertiary/aromatic N) is 3. The first-order chi connectivity index (χ1) is 15.5. The number of carbonyl (C=O) groups is 1. The molecule has 0 bridgehead atoms. The molecule has 11 heteroatoms. The van der Waals surface area contributed by atoms with Crippen LogP contribution in [0.15, 0.2) is 29.2 Å². The second kappa shape index (κ2) is 10.0. The molecule has 7 nitrogen and oxygen atoms in total. The van der Waals surface area contributed by atoms with E-state index < -0.39 is 34.8 Å². The molecule has 1 saturated heterocycles. The zero-order valence-electron chi connectivity index (χ0n) is 18.5. The van der Waals surface area contributed by atoms with Crippen molar-refractivity contribution in [2.24, 2.45) is 0 Å². The number of aromatic nitrogens is 1. The maximum atomic E-state index is 13.0. The van der Waals surface area contributed by atoms with E-state index in [0.717, 1.165) is 11.1 Å². The summed E-state index contributed by atoms with van der Waals surface area (Å²) in [6.07, 6.45) is -4.04. The van der Waals surface area contributed by atoms with Crippen LogP contribution in [0.4, 0.5) is 13.2 Å². The summed E-state index contributed by atoms with van der Waals surface area (Å²) in [4.78, 5) is 28.5. The fraction of sp³-hybridized carbons (Fsp3) is 0.455. The van der Waals surface area contributed by atoms with Crippen molar-refractivity contribution in [3.8, 4) is 11.5 Å². The van der Waals surface area contributed by atoms with E-state index in [1.165, 1.54) is 0 Å². The summed E-state index contributed by atoms with van der Waals surface area (Å²) in [5, 5.41) is -0.576. The third kappa shape index (κ3) is 5.80. The van der Waals surface area contributed by atoms with Crippen molar-refractivity contribution in [3.05, 3.63) is 56.5 Å². The first-order valence-electron chi connectivity index (χ1n) is 10.2. The minimum absolute atomic E-state index is 0.395. The summed E-state index contributed by atoms with van der Waals surface area (Å²) in [6, 6.07) is 4.40. The number of carbonyl (C=O) groups excluding carboxylic acids is 1. The lowest BCUT2D eigenvalue weighted by Gasteiger charge is -2.35. The highest BCUT2D eigenvalue weighted by Crippen LogP contribution is 2.31. The van der Waals surface area contributed by atoms with Crippen LogP contribution in [0.1, 0.15) is 16.7 Å². The van der Waals surface area contributed by atoms with Crippen LogP contribution in [0, 0.1) is 6.92 Å². The molecule has 1 aromatic heterocycles. The Kier molecular flexibility index (Phi) is 7.58. The minimum atomic E-state index is -4.67. The normalized spacial score (nSPS) is 14.9. The van der Waals surface area contributed by atoms with E-state index in [9.17, 15) is 22.8 Å². The van der Waals surface area contributed by atoms with E-state index in [2.05, 4.69) is 4.90 Å². The number of piperazine rings is 1. The number of methoxy groups -OCH3 is 2. The summed E-state index contributed by atoms with van der Waals surface area (Å²) in [6.45, 7) is 4.08. The number of amides is 1. The van der Waals surface area contributed by atoms with Crippen LogP contribution in [0.25, 0.3) is 0 Å². The second-order valence-corrected chi connectivity index (χ2v) is 8.21. The molecule has 1 amide bonds. The van der Waals surface area contributed by atoms with Gasteiger partial charge in [0.25, 0.3) is 5.56 Å². The Morgan fingerprint density at radius 3 is 2.24 bits per heavy atom. The molecule has 0 saturated carbocycles. The molecule has 0 unspecified atom stereocenters. The maximum Gasteiger partial charge on any atom is 0.417 e. The number of pyridine rings is 1. The van der Waals surface area contributed by atoms with Gasteiger partial charge >= 0.3 is 6.18 Å². The number of ether oxygens (including phenoxy) is 2. The summed E-state index contributed by atoms with van der Waals surface area (Å²) in [7, 11) is 3.15. The number of hydrogen-bond donors (Lipinski definition) is 0. The number of rotatable bonds is 6. The number of aryl methyl sites for hydroxylation is 1. The molecule has 0 radical (unpaired) electrons. The van der Waals surface area contributed by atoms with Crippen LogP contribution in [0.3, 0.4) is 0 Å². The van der Waals surface area contributed by atoms with Gasteiger partial charge in [0, 0.05) is 38.9 Å². The molecule has 1 aromatic carbocycles. The van der Waals surface area contributed by atoms with Gasteiger partial charge in [-0.05, 0) is 36.2 Å². The predicted octanol–water partition coefficient (Wildman–Crippen LogP) is 3.19. The van der Waals surface area contributed by atoms with Crippen LogP contribution < -0.4 is 15.0 Å². The topological polar surface area (TPSA) is 64.0 Å². The van der Waals surface area contributed by atoms with Gasteiger partial charge in [0.05, 0.1) is 19.8 Å². The van der Waals surface area contributed by atoms with E-state index in [1.54, 1.807) is 19.1 Å². The molecule has 0 spiro atoms. The zero-order valence-corrected chi connectivity index (χ0v) is 19.3. The quantitative estimate of drug-likeness (QED) is 0.626. The van der Waals surface area contributed by atoms with Crippen molar-refractivity contribution in [2.75, 3.05) is 40.4 Å². The van der Waals surface area contributed by atoms with Crippen LogP contribution in [0.2, 0.25) is 5.02 Å². The Morgan fingerprint density at radius 1 is 1.06 bits per heavy atom. The lowest BCUT2D eigenvalue weighted by molar-refractivity contribution is -0.139. The summed E-state index contributed by atoms with van der Waals surface area (Å²) in [5.74, 6) is 0.852. The molecule has 0 N–H and O–H groups in total. The Labute approximate surface area is 194 Å². The molecule has 180 valence electrons. The van der Waals surface area contributed by atoms with Gasteiger partial charge in [-0.2, -0.15) is 13.2 Å². The van der Waals surface area contributed by atoms with E-state index in [-0.39, 0.29) is 0 Å². The Balaban J connectivity index is 1.63. The molecule has 3 rings (SSSR count). The highest BCUT2D eigenvalue weighted by Gasteiger charge is 2.32. The molecule has 0 atom stereocenters. The van der Waals surface area contributed by atoms with E-state index >= 15 is 0 Å². The van der Waals surface area contributed by atoms with Crippen LogP contribution >= 0.6 is 11.6 Å². The first-order valence-corrected chi connectivity index (χ1v) is 10.6. The molecule has 1 fully saturated rings. The van der Waals surface area contributed by atoms with Gasteiger partial charge in [-0.25, -0.2) is 0 Å². The molecule has 33 heavy (non-hydrogen) atoms. The lowest BCUT2D eigenvalue weighted by atomic mass is 10.1. The molecule has 1 aliphatic rings. The third-order valence-electron chi connectivity index (χ3n) is 5.64. The highest BCUT2D eigenvalue weighted by molar-refractivity contribution is 6.30. The molecule has 0 aliphatic carbocycles. The Morgan fingerprint density at radius 2 is 1.67 bits per heavy atom. The number of halogens is 4. The number of alkyl halides is 3. The van der Waals surface area contributed by atoms with Crippen molar-refractivity contribution < 1.29 is 27.4 Å². The largest absolute Gasteiger partial charge is 0.493 e. The van der Waals surface area contributed by atoms with Gasteiger partial charge in [0.2, 0.25) is 5.91 Å². The number of benzene rings is 1. The number of hydrogen-bond acceptors (Lipinski definition) is 5. The lowest BCUT2D eigenvalue weighted by Crippen LogP contribution is -2.49. The Bertz CT molecular complexity index is 1080. The van der Waals surface area contributed by atoms with Crippen LogP contribution in [-0.4, -0.2) is 60.7 Å². The van der Waals surface area contributed by atoms with E-state index in [4.69, 9.17) is 21.1 Å². The van der Waals surface area contributed by atoms with E-state index in [1.807, 2.05) is 19.1 Å². The predicted molar refractivity (Wildman–Crippen MR) is 117 cm³/mol. The van der Waals surface area contributed by atoms with Crippen molar-refractivity contribution in [1.29, 1.82) is 0 Å². The fourth-order valence-electron chi connectivity index (χ4n) is 3.71. The average molecular weight is 488 g/mol. The van der Waals surface area contributed by atoms with Gasteiger partial charge in [-0.15, -0.1) is 0 Å². The first kappa shape index (κ1) is 24.9. The smallest absolute Gasteiger partial charge is 0.417 e. The van der Waals surface area contributed by atoms with Gasteiger partial charge in [0.1, 0.15) is 11.6 Å². The van der Waals surface area contributed by atoms with Gasteiger partial charge in [0.15, 0.2) is 11.5 Å². The van der Waals surface area contributed by atoms with Gasteiger partial charge < -0.3 is 18.9 Å². The standard InChI is InChI=1S/C22H25ClF3N3O4/c1-14-8-18(32-2)19(33-3)9-15(14)11-27-4-6-28(7-5-27)20(30)13-29-12-16(22(24,25)26)10-17(23)21(29)31/h8-10,12H,4-7,11,13H2,1-3H3. The monoisotopic (exact) mass is 487 g/mol. The van der Waals surface area contributed by atoms with Crippen molar-refractivity contribution in [3.63, 3.8) is 0 Å². The van der Waals surface area contributed by atoms with E-state index in [0.29, 0.717) is 61.1 Å². The fourth-order valence-corrected chi connectivity index (χ4v) is 3.93. The summed E-state index contributed by atoms with van der Waals surface area (Å²) >= 11 is 5.66. The van der Waals surface area contributed by atoms with Crippen LogP contribution in [-0.2, 0) is 24.1 Å². The molecule has 2 heterocycles. The SMILES string of the molecule is COc1cc(C)c(CN2CCN(C(=O)Cn3cc(C(F)(F)F)cc(Cl)c3=O)CC2)cc1OC. The van der Waals surface area contributed by atoms with Crippen molar-refractivity contribution in [1.82, 2.24) is 14.4 Å². The summed E-state index contributed by atoms with van der Waals surface area (Å²) in [5.41, 5.74) is 0.208. The molecule has 2 aromatic rings. The van der Waals surface area contributed by atoms with Crippen molar-refractivity contribution in [2.45, 2.75) is 26.2 Å². The van der Waals surface area contributed by atoms with Gasteiger partial charge in [-0.3, -0.25) is 14.5 Å². The maximum absolute atomic E-state index is 13.0. The Hall–Kier alpha value is -2.72. The average Bonchev–Trinajstić information content (AvgIpc) is 2.77. The van der Waals surface area contributed by atoms with Crippen molar-refractivity contribution >= 4 is 17.5 Å². The minimum Gasteiger partial charge on any atom is -0.493 e. The van der Waals surface area contributed by atoms with Crippen LogP contribution in [0.5, 0.6) is 11.5 Å². The zero-order chi connectivity index (χ0) is 24.3. The summed E-state index contributed by atoms with van der Waals surface area (Å²) < 4.78 is 50.5. The molecular formula is C22H25ClF3N3O4. The molecule has 1 aliphatic heterocycles. The second-order valence-electron chi connectivity index (χ2n) is 7.80.